The molecule has 3 heteroatoms. The van der Waals surface area contributed by atoms with Gasteiger partial charge in [-0.1, -0.05) is 6.92 Å². The zero-order valence-corrected chi connectivity index (χ0v) is 5.46. The Morgan fingerprint density at radius 2 is 2.44 bits per heavy atom. The normalized spacial score (nSPS) is 34.0. The Bertz CT molecular complexity index is 114. The topological polar surface area (TPSA) is 44.3 Å². The fraction of sp³-hybridized carbons (Fsp3) is 0.667. The molecule has 9 heavy (non-hydrogen) atoms. The van der Waals surface area contributed by atoms with Crippen LogP contribution in [0, 0.1) is 0 Å². The Balaban J connectivity index is 2.38. The van der Waals surface area contributed by atoms with Gasteiger partial charge in [0.25, 0.3) is 0 Å². The molecule has 0 bridgehead atoms. The summed E-state index contributed by atoms with van der Waals surface area (Å²) >= 11 is 0. The first-order valence-electron chi connectivity index (χ1n) is 3.19. The van der Waals surface area contributed by atoms with Gasteiger partial charge in [-0.3, -0.25) is 5.32 Å². The Morgan fingerprint density at radius 1 is 1.67 bits per heavy atom. The van der Waals surface area contributed by atoms with Gasteiger partial charge in [-0.05, 0) is 18.7 Å². The minimum atomic E-state index is -0.476. The highest BCUT2D eigenvalue weighted by Crippen LogP contribution is 1.94. The predicted molar refractivity (Wildman–Crippen MR) is 35.5 cm³/mol. The number of hydrogen-bond acceptors (Lipinski definition) is 3. The van der Waals surface area contributed by atoms with Crippen molar-refractivity contribution < 1.29 is 5.11 Å². The highest BCUT2D eigenvalue weighted by Gasteiger charge is 2.09. The molecule has 0 radical (unpaired) electrons. The van der Waals surface area contributed by atoms with Crippen molar-refractivity contribution >= 4 is 0 Å². The second-order valence-corrected chi connectivity index (χ2v) is 2.10. The van der Waals surface area contributed by atoms with Crippen molar-refractivity contribution in [1.29, 1.82) is 0 Å². The first-order chi connectivity index (χ1) is 4.33. The molecule has 0 aromatic carbocycles. The lowest BCUT2D eigenvalue weighted by Crippen LogP contribution is -2.47. The van der Waals surface area contributed by atoms with E-state index in [-0.39, 0.29) is 6.17 Å². The van der Waals surface area contributed by atoms with Gasteiger partial charge in [0.2, 0.25) is 0 Å². The lowest BCUT2D eigenvalue weighted by atomic mass is 10.3. The van der Waals surface area contributed by atoms with Crippen LogP contribution in [0.5, 0.6) is 0 Å². The maximum atomic E-state index is 8.97. The minimum absolute atomic E-state index is 0.227. The summed E-state index contributed by atoms with van der Waals surface area (Å²) < 4.78 is 0. The standard InChI is InChI=1S/C6H12N2O/c1-2-5-7-4-3-6(9)8-5/h3-9H,2H2,1H3. The first kappa shape index (κ1) is 6.58. The third-order valence-corrected chi connectivity index (χ3v) is 1.36. The SMILES string of the molecule is CCC1NC=CC(O)N1. The largest absolute Gasteiger partial charge is 0.376 e. The number of aliphatic hydroxyl groups excluding tert-OH is 1. The molecule has 1 rings (SSSR count). The van der Waals surface area contributed by atoms with E-state index in [4.69, 9.17) is 5.11 Å². The van der Waals surface area contributed by atoms with E-state index in [1.807, 2.05) is 0 Å². The Morgan fingerprint density at radius 3 is 2.89 bits per heavy atom. The van der Waals surface area contributed by atoms with Crippen molar-refractivity contribution in [3.8, 4) is 0 Å². The molecule has 0 aromatic heterocycles. The molecule has 0 saturated carbocycles. The summed E-state index contributed by atoms with van der Waals surface area (Å²) in [6, 6.07) is 0. The van der Waals surface area contributed by atoms with Crippen molar-refractivity contribution in [3.63, 3.8) is 0 Å². The number of nitrogens with one attached hydrogen (secondary N) is 2. The van der Waals surface area contributed by atoms with Gasteiger partial charge in [0.15, 0.2) is 0 Å². The third-order valence-electron chi connectivity index (χ3n) is 1.36. The lowest BCUT2D eigenvalue weighted by molar-refractivity contribution is 0.151. The number of rotatable bonds is 1. The summed E-state index contributed by atoms with van der Waals surface area (Å²) in [4.78, 5) is 0. The van der Waals surface area contributed by atoms with Crippen LogP contribution in [0.3, 0.4) is 0 Å². The van der Waals surface area contributed by atoms with Gasteiger partial charge in [-0.15, -0.1) is 0 Å². The maximum absolute atomic E-state index is 8.97. The van der Waals surface area contributed by atoms with Gasteiger partial charge in [0.1, 0.15) is 6.23 Å². The highest BCUT2D eigenvalue weighted by molar-refractivity contribution is 4.93. The summed E-state index contributed by atoms with van der Waals surface area (Å²) in [5.74, 6) is 0. The Kier molecular flexibility index (Phi) is 2.08. The van der Waals surface area contributed by atoms with E-state index in [0.29, 0.717) is 0 Å². The molecule has 52 valence electrons. The van der Waals surface area contributed by atoms with Gasteiger partial charge in [0, 0.05) is 0 Å². The zero-order valence-electron chi connectivity index (χ0n) is 5.46. The summed E-state index contributed by atoms with van der Waals surface area (Å²) in [5.41, 5.74) is 0. The van der Waals surface area contributed by atoms with E-state index in [1.165, 1.54) is 0 Å². The van der Waals surface area contributed by atoms with E-state index in [1.54, 1.807) is 12.3 Å². The fourth-order valence-electron chi connectivity index (χ4n) is 0.808. The second kappa shape index (κ2) is 2.85. The lowest BCUT2D eigenvalue weighted by Gasteiger charge is -2.23. The average molecular weight is 128 g/mol. The number of aliphatic hydroxyl groups is 1. The summed E-state index contributed by atoms with van der Waals surface area (Å²) in [6.45, 7) is 2.05. The van der Waals surface area contributed by atoms with Crippen LogP contribution in [0.25, 0.3) is 0 Å². The molecule has 0 fully saturated rings. The maximum Gasteiger partial charge on any atom is 0.127 e. The minimum Gasteiger partial charge on any atom is -0.376 e. The molecular formula is C6H12N2O. The van der Waals surface area contributed by atoms with Crippen LogP contribution in [-0.4, -0.2) is 17.5 Å². The van der Waals surface area contributed by atoms with Gasteiger partial charge in [-0.2, -0.15) is 0 Å². The molecule has 2 atom stereocenters. The molecule has 1 heterocycles. The molecule has 0 aromatic rings. The number of hydrogen-bond donors (Lipinski definition) is 3. The van der Waals surface area contributed by atoms with Gasteiger partial charge in [0.05, 0.1) is 6.17 Å². The smallest absolute Gasteiger partial charge is 0.127 e. The van der Waals surface area contributed by atoms with Crippen molar-refractivity contribution in [2.24, 2.45) is 0 Å². The van der Waals surface area contributed by atoms with Crippen LogP contribution in [0.1, 0.15) is 13.3 Å². The molecular weight excluding hydrogens is 116 g/mol. The van der Waals surface area contributed by atoms with E-state index < -0.39 is 6.23 Å². The van der Waals surface area contributed by atoms with Gasteiger partial charge < -0.3 is 10.4 Å². The molecule has 2 unspecified atom stereocenters. The third kappa shape index (κ3) is 1.69. The van der Waals surface area contributed by atoms with Gasteiger partial charge >= 0.3 is 0 Å². The molecule has 3 nitrogen and oxygen atoms in total. The Labute approximate surface area is 54.8 Å². The van der Waals surface area contributed by atoms with Crippen LogP contribution in [0.2, 0.25) is 0 Å². The van der Waals surface area contributed by atoms with Crippen LogP contribution in [0.4, 0.5) is 0 Å². The van der Waals surface area contributed by atoms with Crippen molar-refractivity contribution in [2.75, 3.05) is 0 Å². The fourth-order valence-corrected chi connectivity index (χ4v) is 0.808. The first-order valence-corrected chi connectivity index (χ1v) is 3.19. The average Bonchev–Trinajstić information content (AvgIpc) is 1.88. The zero-order chi connectivity index (χ0) is 6.69. The molecule has 0 spiro atoms. The van der Waals surface area contributed by atoms with Crippen LogP contribution < -0.4 is 10.6 Å². The summed E-state index contributed by atoms with van der Waals surface area (Å²) in [6.07, 6.45) is 4.17. The Hall–Kier alpha value is -0.540. The van der Waals surface area contributed by atoms with E-state index in [9.17, 15) is 0 Å². The predicted octanol–water partition coefficient (Wildman–Crippen LogP) is -0.253. The quantitative estimate of drug-likeness (QED) is 0.456. The van der Waals surface area contributed by atoms with E-state index in [0.717, 1.165) is 6.42 Å². The summed E-state index contributed by atoms with van der Waals surface area (Å²) in [7, 11) is 0. The van der Waals surface area contributed by atoms with Crippen LogP contribution >= 0.6 is 0 Å². The van der Waals surface area contributed by atoms with Crippen LogP contribution in [-0.2, 0) is 0 Å². The molecule has 1 aliphatic rings. The van der Waals surface area contributed by atoms with Gasteiger partial charge in [-0.25, -0.2) is 0 Å². The monoisotopic (exact) mass is 128 g/mol. The second-order valence-electron chi connectivity index (χ2n) is 2.10. The molecule has 3 N–H and O–H groups in total. The highest BCUT2D eigenvalue weighted by atomic mass is 16.3. The molecule has 0 saturated heterocycles. The van der Waals surface area contributed by atoms with Crippen LogP contribution in [0.15, 0.2) is 12.3 Å². The van der Waals surface area contributed by atoms with Crippen molar-refractivity contribution in [1.82, 2.24) is 10.6 Å². The molecule has 0 amide bonds. The van der Waals surface area contributed by atoms with Crippen molar-refractivity contribution in [2.45, 2.75) is 25.7 Å². The summed E-state index contributed by atoms with van der Waals surface area (Å²) in [5, 5.41) is 14.9. The molecule has 0 aliphatic carbocycles. The van der Waals surface area contributed by atoms with Crippen molar-refractivity contribution in [3.05, 3.63) is 12.3 Å². The molecule has 1 aliphatic heterocycles. The van der Waals surface area contributed by atoms with E-state index in [2.05, 4.69) is 17.6 Å². The van der Waals surface area contributed by atoms with E-state index >= 15 is 0 Å².